The van der Waals surface area contributed by atoms with Crippen LogP contribution in [-0.2, 0) is 28.4 Å². The minimum Gasteiger partial charge on any atom is -0.378 e. The number of piperazine rings is 1. The molecule has 0 atom stereocenters. The standard InChI is InChI=1S/C14H26N4O3S/c1-13(2)21-8-9-22(19,20)18-6-4-17(5-7-18)11-14-10-15-12-16(14)3/h10,12-13H,4-9,11H2,1-3H3. The summed E-state index contributed by atoms with van der Waals surface area (Å²) >= 11 is 0. The molecule has 1 aromatic rings. The van der Waals surface area contributed by atoms with Gasteiger partial charge in [-0.2, -0.15) is 4.31 Å². The molecule has 1 saturated heterocycles. The number of sulfonamides is 1. The number of hydrogen-bond acceptors (Lipinski definition) is 5. The van der Waals surface area contributed by atoms with Crippen molar-refractivity contribution in [1.82, 2.24) is 18.8 Å². The Labute approximate surface area is 132 Å². The smallest absolute Gasteiger partial charge is 0.216 e. The van der Waals surface area contributed by atoms with Crippen molar-refractivity contribution in [2.45, 2.75) is 26.5 Å². The van der Waals surface area contributed by atoms with E-state index in [0.717, 1.165) is 25.3 Å². The molecule has 2 rings (SSSR count). The highest BCUT2D eigenvalue weighted by Gasteiger charge is 2.26. The summed E-state index contributed by atoms with van der Waals surface area (Å²) in [6, 6.07) is 0. The van der Waals surface area contributed by atoms with E-state index in [2.05, 4.69) is 9.88 Å². The van der Waals surface area contributed by atoms with E-state index >= 15 is 0 Å². The molecule has 1 aliphatic rings. The third kappa shape index (κ3) is 4.77. The number of aryl methyl sites for hydroxylation is 1. The highest BCUT2D eigenvalue weighted by molar-refractivity contribution is 7.89. The van der Waals surface area contributed by atoms with E-state index in [1.165, 1.54) is 0 Å². The topological polar surface area (TPSA) is 67.7 Å². The van der Waals surface area contributed by atoms with E-state index in [1.807, 2.05) is 31.7 Å². The van der Waals surface area contributed by atoms with Crippen molar-refractivity contribution >= 4 is 10.0 Å². The average molecular weight is 330 g/mol. The van der Waals surface area contributed by atoms with Gasteiger partial charge in [-0.25, -0.2) is 13.4 Å². The predicted molar refractivity (Wildman–Crippen MR) is 84.9 cm³/mol. The van der Waals surface area contributed by atoms with Crippen molar-refractivity contribution in [3.05, 3.63) is 18.2 Å². The number of nitrogens with zero attached hydrogens (tertiary/aromatic N) is 4. The number of rotatable bonds is 7. The molecule has 126 valence electrons. The maximum Gasteiger partial charge on any atom is 0.216 e. The number of hydrogen-bond donors (Lipinski definition) is 0. The number of ether oxygens (including phenoxy) is 1. The summed E-state index contributed by atoms with van der Waals surface area (Å²) in [7, 11) is -1.24. The molecule has 1 aliphatic heterocycles. The molecule has 0 aromatic carbocycles. The van der Waals surface area contributed by atoms with Crippen LogP contribution in [0.5, 0.6) is 0 Å². The fourth-order valence-electron chi connectivity index (χ4n) is 2.45. The summed E-state index contributed by atoms with van der Waals surface area (Å²) in [5.74, 6) is 0.0624. The summed E-state index contributed by atoms with van der Waals surface area (Å²) in [6.45, 7) is 7.46. The quantitative estimate of drug-likeness (QED) is 0.719. The van der Waals surface area contributed by atoms with Crippen LogP contribution < -0.4 is 0 Å². The summed E-state index contributed by atoms with van der Waals surface area (Å²) in [5.41, 5.74) is 1.14. The van der Waals surface area contributed by atoms with Gasteiger partial charge < -0.3 is 9.30 Å². The third-order valence-electron chi connectivity index (χ3n) is 3.82. The first-order valence-electron chi connectivity index (χ1n) is 7.65. The Morgan fingerprint density at radius 3 is 2.50 bits per heavy atom. The second-order valence-electron chi connectivity index (χ2n) is 5.91. The van der Waals surface area contributed by atoms with Crippen molar-refractivity contribution in [2.24, 2.45) is 7.05 Å². The maximum atomic E-state index is 12.3. The minimum absolute atomic E-state index is 0.0611. The molecule has 0 aliphatic carbocycles. The van der Waals surface area contributed by atoms with E-state index in [9.17, 15) is 8.42 Å². The van der Waals surface area contributed by atoms with Crippen molar-refractivity contribution in [3.8, 4) is 0 Å². The summed E-state index contributed by atoms with van der Waals surface area (Å²) in [4.78, 5) is 6.36. The zero-order chi connectivity index (χ0) is 16.2. The van der Waals surface area contributed by atoms with E-state index in [4.69, 9.17) is 4.74 Å². The van der Waals surface area contributed by atoms with Crippen LogP contribution >= 0.6 is 0 Å². The zero-order valence-corrected chi connectivity index (χ0v) is 14.4. The van der Waals surface area contributed by atoms with Crippen LogP contribution in [0.4, 0.5) is 0 Å². The third-order valence-corrected chi connectivity index (χ3v) is 5.65. The monoisotopic (exact) mass is 330 g/mol. The molecular formula is C14H26N4O3S. The molecule has 1 aromatic heterocycles. The molecule has 0 radical (unpaired) electrons. The van der Waals surface area contributed by atoms with Gasteiger partial charge in [0.15, 0.2) is 0 Å². The van der Waals surface area contributed by atoms with E-state index in [-0.39, 0.29) is 18.5 Å². The second kappa shape index (κ2) is 7.54. The lowest BCUT2D eigenvalue weighted by Crippen LogP contribution is -2.49. The van der Waals surface area contributed by atoms with Gasteiger partial charge in [0, 0.05) is 46.0 Å². The second-order valence-corrected chi connectivity index (χ2v) is 8.00. The van der Waals surface area contributed by atoms with Gasteiger partial charge >= 0.3 is 0 Å². The SMILES string of the molecule is CC(C)OCCS(=O)(=O)N1CCN(Cc2cncn2C)CC1. The average Bonchev–Trinajstić information content (AvgIpc) is 2.84. The van der Waals surface area contributed by atoms with Crippen molar-refractivity contribution in [3.63, 3.8) is 0 Å². The highest BCUT2D eigenvalue weighted by Crippen LogP contribution is 2.11. The molecule has 0 saturated carbocycles. The Hall–Kier alpha value is -0.960. The van der Waals surface area contributed by atoms with Crippen LogP contribution in [0.1, 0.15) is 19.5 Å². The highest BCUT2D eigenvalue weighted by atomic mass is 32.2. The van der Waals surface area contributed by atoms with Crippen molar-refractivity contribution in [2.75, 3.05) is 38.5 Å². The fraction of sp³-hybridized carbons (Fsp3) is 0.786. The molecule has 2 heterocycles. The molecule has 0 unspecified atom stereocenters. The van der Waals surface area contributed by atoms with Gasteiger partial charge in [0.05, 0.1) is 30.5 Å². The van der Waals surface area contributed by atoms with Gasteiger partial charge in [0.2, 0.25) is 10.0 Å². The van der Waals surface area contributed by atoms with Gasteiger partial charge in [-0.3, -0.25) is 4.90 Å². The Bertz CT molecular complexity index is 562. The molecule has 22 heavy (non-hydrogen) atoms. The van der Waals surface area contributed by atoms with E-state index < -0.39 is 10.0 Å². The lowest BCUT2D eigenvalue weighted by Gasteiger charge is -2.33. The first-order chi connectivity index (χ1) is 10.4. The van der Waals surface area contributed by atoms with Gasteiger partial charge in [0.25, 0.3) is 0 Å². The fourth-order valence-corrected chi connectivity index (χ4v) is 3.73. The summed E-state index contributed by atoms with van der Waals surface area (Å²) in [6.07, 6.45) is 3.70. The molecule has 0 N–H and O–H groups in total. The van der Waals surface area contributed by atoms with Gasteiger partial charge in [-0.1, -0.05) is 0 Å². The van der Waals surface area contributed by atoms with Crippen LogP contribution in [0.2, 0.25) is 0 Å². The lowest BCUT2D eigenvalue weighted by atomic mass is 10.3. The molecule has 8 heteroatoms. The van der Waals surface area contributed by atoms with Crippen molar-refractivity contribution in [1.29, 1.82) is 0 Å². The van der Waals surface area contributed by atoms with Gasteiger partial charge in [0.1, 0.15) is 0 Å². The van der Waals surface area contributed by atoms with Gasteiger partial charge in [-0.15, -0.1) is 0 Å². The lowest BCUT2D eigenvalue weighted by molar-refractivity contribution is 0.0902. The van der Waals surface area contributed by atoms with E-state index in [0.29, 0.717) is 13.1 Å². The van der Waals surface area contributed by atoms with E-state index in [1.54, 1.807) is 10.6 Å². The van der Waals surface area contributed by atoms with Crippen LogP contribution in [0.25, 0.3) is 0 Å². The van der Waals surface area contributed by atoms with Gasteiger partial charge in [-0.05, 0) is 13.8 Å². The Morgan fingerprint density at radius 2 is 1.95 bits per heavy atom. The Morgan fingerprint density at radius 1 is 1.27 bits per heavy atom. The summed E-state index contributed by atoms with van der Waals surface area (Å²) in [5, 5.41) is 0. The molecule has 0 spiro atoms. The Kier molecular flexibility index (Phi) is 5.96. The van der Waals surface area contributed by atoms with Crippen LogP contribution in [0, 0.1) is 0 Å². The van der Waals surface area contributed by atoms with Crippen molar-refractivity contribution < 1.29 is 13.2 Å². The molecule has 0 bridgehead atoms. The predicted octanol–water partition coefficient (Wildman–Crippen LogP) is 0.293. The van der Waals surface area contributed by atoms with Crippen LogP contribution in [-0.4, -0.2) is 71.8 Å². The number of imidazole rings is 1. The molecule has 0 amide bonds. The first-order valence-corrected chi connectivity index (χ1v) is 9.26. The maximum absolute atomic E-state index is 12.3. The molecular weight excluding hydrogens is 304 g/mol. The summed E-state index contributed by atoms with van der Waals surface area (Å²) < 4.78 is 33.4. The first kappa shape index (κ1) is 17.4. The number of aromatic nitrogens is 2. The van der Waals surface area contributed by atoms with Crippen LogP contribution in [0.3, 0.4) is 0 Å². The largest absolute Gasteiger partial charge is 0.378 e. The normalized spacial score (nSPS) is 18.2. The van der Waals surface area contributed by atoms with Crippen LogP contribution in [0.15, 0.2) is 12.5 Å². The molecule has 7 nitrogen and oxygen atoms in total. The minimum atomic E-state index is -3.21. The Balaban J connectivity index is 1.80. The zero-order valence-electron chi connectivity index (χ0n) is 13.6. The molecule has 1 fully saturated rings.